The molecule has 0 radical (unpaired) electrons. The van der Waals surface area contributed by atoms with Gasteiger partial charge in [0.1, 0.15) is 0 Å². The maximum absolute atomic E-state index is 6.00. The third-order valence-corrected chi connectivity index (χ3v) is 4.91. The van der Waals surface area contributed by atoms with Crippen molar-refractivity contribution in [1.82, 2.24) is 10.2 Å². The van der Waals surface area contributed by atoms with Crippen molar-refractivity contribution in [1.29, 1.82) is 0 Å². The van der Waals surface area contributed by atoms with E-state index in [2.05, 4.69) is 50.0 Å². The summed E-state index contributed by atoms with van der Waals surface area (Å²) in [6, 6.07) is 8.92. The van der Waals surface area contributed by atoms with Gasteiger partial charge in [0.2, 0.25) is 0 Å². The predicted octanol–water partition coefficient (Wildman–Crippen LogP) is 4.33. The van der Waals surface area contributed by atoms with Crippen LogP contribution in [0.15, 0.2) is 24.3 Å². The van der Waals surface area contributed by atoms with Gasteiger partial charge >= 0.3 is 0 Å². The molecule has 2 rings (SSSR count). The van der Waals surface area contributed by atoms with E-state index in [0.29, 0.717) is 6.04 Å². The molecule has 1 fully saturated rings. The van der Waals surface area contributed by atoms with Gasteiger partial charge in [0.15, 0.2) is 0 Å². The first-order chi connectivity index (χ1) is 9.92. The van der Waals surface area contributed by atoms with Crippen LogP contribution in [0.25, 0.3) is 0 Å². The number of hydrogen-bond donors (Lipinski definition) is 1. The molecule has 2 atom stereocenters. The normalized spacial score (nSPS) is 27.2. The van der Waals surface area contributed by atoms with E-state index in [1.807, 2.05) is 12.1 Å². The van der Waals surface area contributed by atoms with E-state index in [1.165, 1.54) is 18.4 Å². The van der Waals surface area contributed by atoms with Gasteiger partial charge in [0.05, 0.1) is 0 Å². The van der Waals surface area contributed by atoms with E-state index in [1.54, 1.807) is 0 Å². The second-order valence-electron chi connectivity index (χ2n) is 7.11. The molecule has 2 nitrogen and oxygen atoms in total. The van der Waals surface area contributed by atoms with Crippen LogP contribution in [0.4, 0.5) is 0 Å². The summed E-state index contributed by atoms with van der Waals surface area (Å²) in [5, 5.41) is 4.58. The van der Waals surface area contributed by atoms with Gasteiger partial charge in [-0.2, -0.15) is 0 Å². The molecule has 0 saturated carbocycles. The summed E-state index contributed by atoms with van der Waals surface area (Å²) in [6.45, 7) is 12.5. The summed E-state index contributed by atoms with van der Waals surface area (Å²) in [4.78, 5) is 2.66. The molecule has 0 spiro atoms. The number of halogens is 1. The van der Waals surface area contributed by atoms with Crippen LogP contribution in [-0.4, -0.2) is 29.6 Å². The van der Waals surface area contributed by atoms with Crippen molar-refractivity contribution in [2.75, 3.05) is 13.1 Å². The van der Waals surface area contributed by atoms with Crippen LogP contribution >= 0.6 is 11.6 Å². The third-order valence-electron chi connectivity index (χ3n) is 4.66. The van der Waals surface area contributed by atoms with Gasteiger partial charge in [0, 0.05) is 36.2 Å². The third kappa shape index (κ3) is 4.70. The summed E-state index contributed by atoms with van der Waals surface area (Å²) in [7, 11) is 0. The minimum absolute atomic E-state index is 0.236. The Morgan fingerprint density at radius 1 is 1.33 bits per heavy atom. The molecule has 118 valence electrons. The van der Waals surface area contributed by atoms with Gasteiger partial charge in [0.25, 0.3) is 0 Å². The van der Waals surface area contributed by atoms with Crippen LogP contribution in [0.3, 0.4) is 0 Å². The van der Waals surface area contributed by atoms with Gasteiger partial charge in [-0.1, -0.05) is 44.5 Å². The first kappa shape index (κ1) is 16.8. The molecular weight excluding hydrogens is 280 g/mol. The smallest absolute Gasteiger partial charge is 0.0406 e. The number of nitrogens with one attached hydrogen (secondary N) is 1. The molecule has 1 aliphatic rings. The summed E-state index contributed by atoms with van der Waals surface area (Å²) >= 11 is 6.00. The van der Waals surface area contributed by atoms with Gasteiger partial charge < -0.3 is 5.32 Å². The molecule has 1 aromatic rings. The average molecular weight is 309 g/mol. The number of piperazine rings is 1. The first-order valence-electron chi connectivity index (χ1n) is 8.15. The molecule has 21 heavy (non-hydrogen) atoms. The molecule has 0 aromatic heterocycles. The number of rotatable bonds is 5. The van der Waals surface area contributed by atoms with E-state index in [-0.39, 0.29) is 5.54 Å². The quantitative estimate of drug-likeness (QED) is 0.871. The highest BCUT2D eigenvalue weighted by Gasteiger charge is 2.34. The molecule has 2 unspecified atom stereocenters. The zero-order valence-electron chi connectivity index (χ0n) is 13.8. The van der Waals surface area contributed by atoms with Crippen molar-refractivity contribution < 1.29 is 0 Å². The highest BCUT2D eigenvalue weighted by atomic mass is 35.5. The van der Waals surface area contributed by atoms with Crippen molar-refractivity contribution in [3.05, 3.63) is 34.9 Å². The first-order valence-corrected chi connectivity index (χ1v) is 8.53. The van der Waals surface area contributed by atoms with E-state index >= 15 is 0 Å². The zero-order chi connectivity index (χ0) is 15.5. The maximum atomic E-state index is 6.00. The molecule has 1 N–H and O–H groups in total. The lowest BCUT2D eigenvalue weighted by Crippen LogP contribution is -2.62. The largest absolute Gasteiger partial charge is 0.309 e. The Hall–Kier alpha value is -0.570. The van der Waals surface area contributed by atoms with E-state index in [4.69, 9.17) is 11.6 Å². The lowest BCUT2D eigenvalue weighted by Gasteiger charge is -2.46. The van der Waals surface area contributed by atoms with Crippen molar-refractivity contribution in [2.45, 2.75) is 58.7 Å². The minimum atomic E-state index is 0.236. The number of nitrogens with zero attached hydrogens (tertiary/aromatic N) is 1. The molecule has 0 bridgehead atoms. The molecule has 3 heteroatoms. The van der Waals surface area contributed by atoms with Crippen molar-refractivity contribution in [2.24, 2.45) is 5.92 Å². The van der Waals surface area contributed by atoms with E-state index in [9.17, 15) is 0 Å². The van der Waals surface area contributed by atoms with E-state index in [0.717, 1.165) is 30.6 Å². The molecule has 1 saturated heterocycles. The van der Waals surface area contributed by atoms with Gasteiger partial charge in [-0.15, -0.1) is 0 Å². The fraction of sp³-hybridized carbons (Fsp3) is 0.667. The molecule has 1 aliphatic heterocycles. The lowest BCUT2D eigenvalue weighted by molar-refractivity contribution is 0.0664. The number of hydrogen-bond acceptors (Lipinski definition) is 2. The Labute approximate surface area is 134 Å². The highest BCUT2D eigenvalue weighted by Crippen LogP contribution is 2.24. The standard InChI is InChI=1S/C18H29ClN2/c1-5-18(4)13-21(17(11-20-18)10-14(2)3)12-15-6-8-16(19)9-7-15/h6-9,14,17,20H,5,10-13H2,1-4H3. The summed E-state index contributed by atoms with van der Waals surface area (Å²) in [5.41, 5.74) is 1.59. The van der Waals surface area contributed by atoms with Gasteiger partial charge in [-0.25, -0.2) is 0 Å². The predicted molar refractivity (Wildman–Crippen MR) is 91.8 cm³/mol. The van der Waals surface area contributed by atoms with Crippen molar-refractivity contribution >= 4 is 11.6 Å². The van der Waals surface area contributed by atoms with Crippen LogP contribution in [0.1, 0.15) is 46.1 Å². The fourth-order valence-electron chi connectivity index (χ4n) is 3.15. The maximum Gasteiger partial charge on any atom is 0.0406 e. The lowest BCUT2D eigenvalue weighted by atomic mass is 9.90. The summed E-state index contributed by atoms with van der Waals surface area (Å²) < 4.78 is 0. The molecule has 1 heterocycles. The SMILES string of the molecule is CCC1(C)CN(Cc2ccc(Cl)cc2)C(CC(C)C)CN1. The fourth-order valence-corrected chi connectivity index (χ4v) is 3.28. The Kier molecular flexibility index (Phi) is 5.70. The Bertz CT molecular complexity index is 443. The van der Waals surface area contributed by atoms with Crippen molar-refractivity contribution in [3.8, 4) is 0 Å². The van der Waals surface area contributed by atoms with Crippen molar-refractivity contribution in [3.63, 3.8) is 0 Å². The summed E-state index contributed by atoms with van der Waals surface area (Å²) in [6.07, 6.45) is 2.42. The monoisotopic (exact) mass is 308 g/mol. The number of benzene rings is 1. The Balaban J connectivity index is 2.10. The van der Waals surface area contributed by atoms with E-state index < -0.39 is 0 Å². The molecule has 0 aliphatic carbocycles. The Morgan fingerprint density at radius 2 is 2.00 bits per heavy atom. The average Bonchev–Trinajstić information content (AvgIpc) is 2.44. The molecule has 0 amide bonds. The highest BCUT2D eigenvalue weighted by molar-refractivity contribution is 6.30. The van der Waals surface area contributed by atoms with Crippen LogP contribution < -0.4 is 5.32 Å². The van der Waals surface area contributed by atoms with Crippen LogP contribution in [0.2, 0.25) is 5.02 Å². The molecular formula is C18H29ClN2. The van der Waals surface area contributed by atoms with Crippen LogP contribution in [0, 0.1) is 5.92 Å². The van der Waals surface area contributed by atoms with Crippen LogP contribution in [-0.2, 0) is 6.54 Å². The second-order valence-corrected chi connectivity index (χ2v) is 7.55. The summed E-state index contributed by atoms with van der Waals surface area (Å²) in [5.74, 6) is 0.732. The zero-order valence-corrected chi connectivity index (χ0v) is 14.6. The topological polar surface area (TPSA) is 15.3 Å². The second kappa shape index (κ2) is 7.13. The minimum Gasteiger partial charge on any atom is -0.309 e. The van der Waals surface area contributed by atoms with Gasteiger partial charge in [-0.3, -0.25) is 4.90 Å². The van der Waals surface area contributed by atoms with Gasteiger partial charge in [-0.05, 0) is 43.4 Å². The Morgan fingerprint density at radius 3 is 2.57 bits per heavy atom. The van der Waals surface area contributed by atoms with Crippen LogP contribution in [0.5, 0.6) is 0 Å². The molecule has 1 aromatic carbocycles.